The highest BCUT2D eigenvalue weighted by atomic mass is 32.2. The van der Waals surface area contributed by atoms with Gasteiger partial charge in [-0.1, -0.05) is 18.2 Å². The largest absolute Gasteiger partial charge is 0.418 e. The molecule has 1 aliphatic heterocycles. The van der Waals surface area contributed by atoms with Crippen molar-refractivity contribution in [2.24, 2.45) is 11.1 Å². The summed E-state index contributed by atoms with van der Waals surface area (Å²) in [6, 6.07) is 1.61. The maximum absolute atomic E-state index is 13.3. The molecule has 7 nitrogen and oxygen atoms in total. The number of anilines is 1. The Morgan fingerprint density at radius 2 is 1.90 bits per heavy atom. The Balaban J connectivity index is 1.42. The van der Waals surface area contributed by atoms with Crippen molar-refractivity contribution < 1.29 is 13.2 Å². The first-order valence-corrected chi connectivity index (χ1v) is 11.1. The molecule has 0 bridgehead atoms. The van der Waals surface area contributed by atoms with Crippen LogP contribution in [0.15, 0.2) is 40.8 Å². The number of nitrogens with two attached hydrogens (primary N) is 1. The quantitative estimate of drug-likeness (QED) is 0.651. The van der Waals surface area contributed by atoms with Crippen molar-refractivity contribution in [1.82, 2.24) is 24.6 Å². The average Bonchev–Trinajstić information content (AvgIpc) is 3.37. The highest BCUT2D eigenvalue weighted by molar-refractivity contribution is 7.99. The summed E-state index contributed by atoms with van der Waals surface area (Å²) in [6.45, 7) is 1.65. The van der Waals surface area contributed by atoms with Crippen LogP contribution in [0.4, 0.5) is 19.1 Å². The lowest BCUT2D eigenvalue weighted by Crippen LogP contribution is -2.47. The van der Waals surface area contributed by atoms with Crippen molar-refractivity contribution >= 4 is 23.4 Å². The zero-order valence-corrected chi connectivity index (χ0v) is 17.5. The van der Waals surface area contributed by atoms with E-state index in [4.69, 9.17) is 5.73 Å². The first-order valence-electron chi connectivity index (χ1n) is 10.3. The molecule has 11 heteroatoms. The van der Waals surface area contributed by atoms with Gasteiger partial charge in [-0.2, -0.15) is 22.8 Å². The molecule has 2 N–H and O–H groups in total. The Morgan fingerprint density at radius 1 is 1.10 bits per heavy atom. The van der Waals surface area contributed by atoms with Crippen LogP contribution in [0.2, 0.25) is 0 Å². The van der Waals surface area contributed by atoms with Gasteiger partial charge in [0.15, 0.2) is 5.65 Å². The van der Waals surface area contributed by atoms with E-state index < -0.39 is 11.7 Å². The van der Waals surface area contributed by atoms with Gasteiger partial charge < -0.3 is 10.6 Å². The number of piperidine rings is 1. The first-order chi connectivity index (χ1) is 14.9. The molecule has 0 radical (unpaired) electrons. The zero-order chi connectivity index (χ0) is 21.6. The third-order valence-electron chi connectivity index (χ3n) is 6.58. The molecule has 0 amide bonds. The molecule has 4 heterocycles. The number of nitrogens with zero attached hydrogens (tertiary/aromatic N) is 6. The van der Waals surface area contributed by atoms with Gasteiger partial charge in [0, 0.05) is 42.6 Å². The molecule has 1 saturated carbocycles. The van der Waals surface area contributed by atoms with Gasteiger partial charge in [-0.15, -0.1) is 0 Å². The summed E-state index contributed by atoms with van der Waals surface area (Å²) >= 11 is 0.965. The second-order valence-electron chi connectivity index (χ2n) is 8.24. The SMILES string of the molecule is N[C@@H]1CCCC12CCN(c1ncc(Sc3ccncc3C(F)(F)F)c3ncnn13)CC2. The molecular formula is C20H22F3N7S. The second-order valence-corrected chi connectivity index (χ2v) is 9.32. The van der Waals surface area contributed by atoms with Gasteiger partial charge in [0.25, 0.3) is 0 Å². The van der Waals surface area contributed by atoms with Crippen molar-refractivity contribution in [3.05, 3.63) is 36.5 Å². The van der Waals surface area contributed by atoms with E-state index in [1.54, 1.807) is 10.7 Å². The van der Waals surface area contributed by atoms with Crippen LogP contribution in [-0.4, -0.2) is 43.7 Å². The molecule has 0 aromatic carbocycles. The highest BCUT2D eigenvalue weighted by Gasteiger charge is 2.43. The van der Waals surface area contributed by atoms with Gasteiger partial charge in [-0.25, -0.2) is 9.97 Å². The minimum Gasteiger partial charge on any atom is -0.341 e. The molecule has 1 spiro atoms. The van der Waals surface area contributed by atoms with Crippen molar-refractivity contribution in [1.29, 1.82) is 0 Å². The third kappa shape index (κ3) is 3.63. The van der Waals surface area contributed by atoms with Crippen molar-refractivity contribution in [2.45, 2.75) is 54.1 Å². The molecule has 2 aliphatic rings. The van der Waals surface area contributed by atoms with Gasteiger partial charge >= 0.3 is 6.18 Å². The van der Waals surface area contributed by atoms with Gasteiger partial charge in [0.05, 0.1) is 10.5 Å². The number of aromatic nitrogens is 5. The number of alkyl halides is 3. The molecule has 164 valence electrons. The third-order valence-corrected chi connectivity index (χ3v) is 7.66. The number of rotatable bonds is 3. The van der Waals surface area contributed by atoms with Crippen LogP contribution in [-0.2, 0) is 6.18 Å². The van der Waals surface area contributed by atoms with Crippen molar-refractivity contribution in [3.8, 4) is 0 Å². The van der Waals surface area contributed by atoms with E-state index in [0.29, 0.717) is 16.5 Å². The van der Waals surface area contributed by atoms with E-state index in [2.05, 4.69) is 25.0 Å². The van der Waals surface area contributed by atoms with Gasteiger partial charge in [-0.3, -0.25) is 4.98 Å². The van der Waals surface area contributed by atoms with Crippen LogP contribution in [0, 0.1) is 5.41 Å². The zero-order valence-electron chi connectivity index (χ0n) is 16.7. The number of fused-ring (bicyclic) bond motifs is 1. The van der Waals surface area contributed by atoms with E-state index in [1.807, 2.05) is 0 Å². The molecule has 1 saturated heterocycles. The molecule has 1 atom stereocenters. The maximum Gasteiger partial charge on any atom is 0.418 e. The predicted octanol–water partition coefficient (Wildman–Crippen LogP) is 3.79. The number of halogens is 3. The summed E-state index contributed by atoms with van der Waals surface area (Å²) < 4.78 is 41.7. The van der Waals surface area contributed by atoms with Gasteiger partial charge in [-0.05, 0) is 37.2 Å². The molecule has 3 aromatic heterocycles. The standard InChI is InChI=1S/C20H22F3N7S/c21-20(22,23)13-10-25-7-3-14(13)31-15-11-26-18(30-17(15)27-12-28-30)29-8-5-19(6-9-29)4-1-2-16(19)24/h3,7,10-12,16H,1-2,4-6,8-9,24H2/t16-/m1/s1. The number of hydrogen-bond donors (Lipinski definition) is 1. The fourth-order valence-electron chi connectivity index (χ4n) is 4.81. The molecule has 31 heavy (non-hydrogen) atoms. The Hall–Kier alpha value is -2.40. The highest BCUT2D eigenvalue weighted by Crippen LogP contribution is 2.46. The lowest BCUT2D eigenvalue weighted by atomic mass is 9.74. The fourth-order valence-corrected chi connectivity index (χ4v) is 5.79. The van der Waals surface area contributed by atoms with Crippen LogP contribution < -0.4 is 10.6 Å². The monoisotopic (exact) mass is 449 g/mol. The molecule has 0 unspecified atom stereocenters. The summed E-state index contributed by atoms with van der Waals surface area (Å²) in [5.41, 5.74) is 6.32. The van der Waals surface area contributed by atoms with Crippen LogP contribution in [0.25, 0.3) is 5.65 Å². The Morgan fingerprint density at radius 3 is 2.61 bits per heavy atom. The van der Waals surface area contributed by atoms with E-state index >= 15 is 0 Å². The van der Waals surface area contributed by atoms with E-state index in [-0.39, 0.29) is 16.4 Å². The smallest absolute Gasteiger partial charge is 0.341 e. The Kier molecular flexibility index (Phi) is 5.04. The topological polar surface area (TPSA) is 85.2 Å². The summed E-state index contributed by atoms with van der Waals surface area (Å²) in [5, 5.41) is 4.30. The van der Waals surface area contributed by atoms with Gasteiger partial charge in [0.2, 0.25) is 5.95 Å². The number of pyridine rings is 1. The summed E-state index contributed by atoms with van der Waals surface area (Å²) in [5.74, 6) is 0.657. The van der Waals surface area contributed by atoms with Crippen molar-refractivity contribution in [3.63, 3.8) is 0 Å². The fraction of sp³-hybridized carbons (Fsp3) is 0.500. The van der Waals surface area contributed by atoms with Crippen LogP contribution in [0.3, 0.4) is 0 Å². The van der Waals surface area contributed by atoms with E-state index in [0.717, 1.165) is 50.3 Å². The maximum atomic E-state index is 13.3. The van der Waals surface area contributed by atoms with E-state index in [9.17, 15) is 13.2 Å². The minimum absolute atomic E-state index is 0.0529. The first kappa shape index (κ1) is 20.5. The van der Waals surface area contributed by atoms with Gasteiger partial charge in [0.1, 0.15) is 6.33 Å². The van der Waals surface area contributed by atoms with Crippen LogP contribution in [0.5, 0.6) is 0 Å². The van der Waals surface area contributed by atoms with Crippen LogP contribution in [0.1, 0.15) is 37.7 Å². The Bertz CT molecular complexity index is 1090. The van der Waals surface area contributed by atoms with Crippen molar-refractivity contribution in [2.75, 3.05) is 18.0 Å². The average molecular weight is 450 g/mol. The lowest BCUT2D eigenvalue weighted by Gasteiger charge is -2.42. The lowest BCUT2D eigenvalue weighted by molar-refractivity contribution is -0.140. The summed E-state index contributed by atoms with van der Waals surface area (Å²) in [4.78, 5) is 15.2. The number of hydrogen-bond acceptors (Lipinski definition) is 7. The Labute approximate surface area is 181 Å². The van der Waals surface area contributed by atoms with Crippen LogP contribution >= 0.6 is 11.8 Å². The second kappa shape index (κ2) is 7.63. The normalized spacial score (nSPS) is 21.3. The molecule has 5 rings (SSSR count). The molecule has 1 aliphatic carbocycles. The molecule has 3 aromatic rings. The summed E-state index contributed by atoms with van der Waals surface area (Å²) in [6.07, 6.45) is 6.15. The molecule has 2 fully saturated rings. The van der Waals surface area contributed by atoms with E-state index in [1.165, 1.54) is 31.4 Å². The molecular weight excluding hydrogens is 427 g/mol. The summed E-state index contributed by atoms with van der Waals surface area (Å²) in [7, 11) is 0. The predicted molar refractivity (Wildman–Crippen MR) is 110 cm³/mol. The minimum atomic E-state index is -4.49.